The summed E-state index contributed by atoms with van der Waals surface area (Å²) in [4.78, 5) is 17.2. The van der Waals surface area contributed by atoms with Crippen molar-refractivity contribution < 1.29 is 18.9 Å². The van der Waals surface area contributed by atoms with E-state index in [0.717, 1.165) is 22.5 Å². The van der Waals surface area contributed by atoms with E-state index in [4.69, 9.17) is 31.8 Å². The summed E-state index contributed by atoms with van der Waals surface area (Å²) < 4.78 is 22.0. The summed E-state index contributed by atoms with van der Waals surface area (Å²) in [6.07, 6.45) is 17.0. The highest BCUT2D eigenvalue weighted by Gasteiger charge is 1.98. The van der Waals surface area contributed by atoms with Gasteiger partial charge in [0.1, 0.15) is 24.7 Å². The molecule has 8 nitrogen and oxygen atoms in total. The van der Waals surface area contributed by atoms with Gasteiger partial charge in [0.25, 0.3) is 0 Å². The Hall–Kier alpha value is -4.50. The van der Waals surface area contributed by atoms with Crippen molar-refractivity contribution >= 4 is 12.4 Å². The first kappa shape index (κ1) is 28.1. The number of hydrogen-bond acceptors (Lipinski definition) is 8. The third-order valence-corrected chi connectivity index (χ3v) is 4.90. The normalized spacial score (nSPS) is 10.9. The van der Waals surface area contributed by atoms with Crippen molar-refractivity contribution in [2.45, 2.75) is 13.2 Å². The van der Waals surface area contributed by atoms with Crippen LogP contribution in [0, 0.1) is 24.7 Å². The van der Waals surface area contributed by atoms with Crippen molar-refractivity contribution in [3.63, 3.8) is 0 Å². The van der Waals surface area contributed by atoms with Crippen LogP contribution < -0.4 is 9.47 Å². The summed E-state index contributed by atoms with van der Waals surface area (Å²) in [7, 11) is 0. The van der Waals surface area contributed by atoms with Crippen molar-refractivity contribution in [3.8, 4) is 36.2 Å². The van der Waals surface area contributed by atoms with Gasteiger partial charge in [-0.15, -0.1) is 12.8 Å². The van der Waals surface area contributed by atoms with Gasteiger partial charge >= 0.3 is 0 Å². The molecule has 8 heteroatoms. The van der Waals surface area contributed by atoms with E-state index in [0.29, 0.717) is 51.0 Å². The number of aliphatic imine (C=N–C) groups is 2. The molecule has 0 aliphatic rings. The Morgan fingerprint density at radius 1 is 0.658 bits per heavy atom. The molecule has 2 aromatic heterocycles. The van der Waals surface area contributed by atoms with Crippen LogP contribution in [0.2, 0.25) is 0 Å². The smallest absolute Gasteiger partial charge is 0.148 e. The quantitative estimate of drug-likeness (QED) is 0.166. The summed E-state index contributed by atoms with van der Waals surface area (Å²) in [6, 6.07) is 15.4. The minimum atomic E-state index is 0.222. The van der Waals surface area contributed by atoms with Crippen LogP contribution in [-0.2, 0) is 22.7 Å². The standard InChI is InChI=1S/C30H30N4O4/c1-3-15-37-29-11-9-27(33-21-29)19-31-13-17-35-23-25-5-7-26(8-6-25)24-36-18-14-32-20-28-10-12-30(22-34-28)38-16-4-2/h1-2,5-12,19-22H,13-18,23-24H2. The summed E-state index contributed by atoms with van der Waals surface area (Å²) in [5, 5.41) is 0. The Bertz CT molecular complexity index is 1130. The molecule has 3 rings (SSSR count). The molecule has 0 spiro atoms. The number of terminal acetylenes is 2. The Kier molecular flexibility index (Phi) is 12.6. The van der Waals surface area contributed by atoms with Gasteiger partial charge in [-0.25, -0.2) is 0 Å². The highest BCUT2D eigenvalue weighted by Crippen LogP contribution is 2.09. The highest BCUT2D eigenvalue weighted by atomic mass is 16.5. The molecule has 0 radical (unpaired) electrons. The predicted octanol–water partition coefficient (Wildman–Crippen LogP) is 3.77. The van der Waals surface area contributed by atoms with Crippen LogP contribution in [0.4, 0.5) is 0 Å². The molecule has 0 fully saturated rings. The van der Waals surface area contributed by atoms with Gasteiger partial charge in [-0.3, -0.25) is 20.0 Å². The van der Waals surface area contributed by atoms with Gasteiger partial charge in [0.05, 0.1) is 63.3 Å². The minimum absolute atomic E-state index is 0.222. The molecule has 0 N–H and O–H groups in total. The maximum atomic E-state index is 5.71. The van der Waals surface area contributed by atoms with Gasteiger partial charge in [-0.2, -0.15) is 0 Å². The number of ether oxygens (including phenoxy) is 4. The molecule has 0 atom stereocenters. The van der Waals surface area contributed by atoms with E-state index in [1.54, 1.807) is 24.8 Å². The second kappa shape index (κ2) is 17.0. The number of pyridine rings is 2. The minimum Gasteiger partial charge on any atom is -0.479 e. The Morgan fingerprint density at radius 2 is 1.11 bits per heavy atom. The summed E-state index contributed by atoms with van der Waals surface area (Å²) >= 11 is 0. The van der Waals surface area contributed by atoms with Gasteiger partial charge in [-0.05, 0) is 35.4 Å². The largest absolute Gasteiger partial charge is 0.479 e. The van der Waals surface area contributed by atoms with E-state index < -0.39 is 0 Å². The number of hydrogen-bond donors (Lipinski definition) is 0. The van der Waals surface area contributed by atoms with E-state index in [1.165, 1.54) is 0 Å². The molecule has 1 aromatic carbocycles. The van der Waals surface area contributed by atoms with Crippen LogP contribution in [-0.4, -0.2) is 61.9 Å². The van der Waals surface area contributed by atoms with E-state index in [-0.39, 0.29) is 13.2 Å². The lowest BCUT2D eigenvalue weighted by atomic mass is 10.1. The van der Waals surface area contributed by atoms with E-state index in [1.807, 2.05) is 48.5 Å². The molecule has 2 heterocycles. The molecule has 0 unspecified atom stereocenters. The van der Waals surface area contributed by atoms with Crippen LogP contribution in [0.25, 0.3) is 0 Å². The number of nitrogens with zero attached hydrogens (tertiary/aromatic N) is 4. The topological polar surface area (TPSA) is 87.4 Å². The molecule has 0 amide bonds. The van der Waals surface area contributed by atoms with Crippen LogP contribution >= 0.6 is 0 Å². The van der Waals surface area contributed by atoms with Crippen LogP contribution in [0.3, 0.4) is 0 Å². The number of rotatable bonds is 16. The maximum Gasteiger partial charge on any atom is 0.148 e. The van der Waals surface area contributed by atoms with Gasteiger partial charge in [0.2, 0.25) is 0 Å². The first-order valence-electron chi connectivity index (χ1n) is 12.0. The van der Waals surface area contributed by atoms with Gasteiger partial charge in [-0.1, -0.05) is 36.1 Å². The molecule has 0 saturated carbocycles. The third-order valence-electron chi connectivity index (χ3n) is 4.90. The SMILES string of the molecule is C#CCOc1ccc(C=NCCOCc2ccc(COCCN=Cc3ccc(OCC#C)cn3)cc2)nc1. The highest BCUT2D eigenvalue weighted by molar-refractivity contribution is 5.77. The van der Waals surface area contributed by atoms with E-state index >= 15 is 0 Å². The van der Waals surface area contributed by atoms with Crippen molar-refractivity contribution in [1.29, 1.82) is 0 Å². The van der Waals surface area contributed by atoms with Crippen LogP contribution in [0.15, 0.2) is 70.9 Å². The number of aromatic nitrogens is 2. The third kappa shape index (κ3) is 11.0. The Morgan fingerprint density at radius 3 is 1.47 bits per heavy atom. The summed E-state index contributed by atoms with van der Waals surface area (Å²) in [5.74, 6) is 6.10. The number of benzene rings is 1. The summed E-state index contributed by atoms with van der Waals surface area (Å²) in [5.41, 5.74) is 3.68. The fraction of sp³-hybridized carbons (Fsp3) is 0.267. The van der Waals surface area contributed by atoms with Gasteiger partial charge < -0.3 is 18.9 Å². The zero-order chi connectivity index (χ0) is 26.7. The molecular weight excluding hydrogens is 480 g/mol. The molecule has 0 aliphatic heterocycles. The molecule has 194 valence electrons. The second-order valence-corrected chi connectivity index (χ2v) is 7.82. The fourth-order valence-electron chi connectivity index (χ4n) is 3.02. The zero-order valence-corrected chi connectivity index (χ0v) is 21.2. The first-order valence-corrected chi connectivity index (χ1v) is 12.0. The second-order valence-electron chi connectivity index (χ2n) is 7.82. The van der Waals surface area contributed by atoms with Gasteiger partial charge in [0, 0.05) is 12.4 Å². The van der Waals surface area contributed by atoms with Crippen molar-refractivity contribution in [3.05, 3.63) is 83.4 Å². The van der Waals surface area contributed by atoms with Crippen molar-refractivity contribution in [1.82, 2.24) is 9.97 Å². The monoisotopic (exact) mass is 510 g/mol. The summed E-state index contributed by atoms with van der Waals surface area (Å²) in [6.45, 7) is 3.63. The molecule has 0 aliphatic carbocycles. The average Bonchev–Trinajstić information content (AvgIpc) is 2.96. The lowest BCUT2D eigenvalue weighted by Crippen LogP contribution is -2.01. The molecule has 3 aromatic rings. The molecule has 0 saturated heterocycles. The molecular formula is C30H30N4O4. The Labute approximate surface area is 223 Å². The molecule has 38 heavy (non-hydrogen) atoms. The lowest BCUT2D eigenvalue weighted by Gasteiger charge is -2.06. The van der Waals surface area contributed by atoms with Crippen LogP contribution in [0.1, 0.15) is 22.5 Å². The Balaban J connectivity index is 1.24. The van der Waals surface area contributed by atoms with Crippen molar-refractivity contribution in [2.75, 3.05) is 39.5 Å². The average molecular weight is 511 g/mol. The van der Waals surface area contributed by atoms with E-state index in [2.05, 4.69) is 31.8 Å². The zero-order valence-electron chi connectivity index (χ0n) is 21.2. The fourth-order valence-corrected chi connectivity index (χ4v) is 3.02. The predicted molar refractivity (Wildman–Crippen MR) is 148 cm³/mol. The van der Waals surface area contributed by atoms with E-state index in [9.17, 15) is 0 Å². The lowest BCUT2D eigenvalue weighted by molar-refractivity contribution is 0.126. The molecule has 0 bridgehead atoms. The van der Waals surface area contributed by atoms with Crippen LogP contribution in [0.5, 0.6) is 11.5 Å². The van der Waals surface area contributed by atoms with Gasteiger partial charge in [0.15, 0.2) is 0 Å². The maximum absolute atomic E-state index is 5.71. The van der Waals surface area contributed by atoms with Crippen molar-refractivity contribution in [2.24, 2.45) is 9.98 Å². The first-order chi connectivity index (χ1) is 18.8.